The number of nitrogen functional groups attached to an aromatic ring is 1. The number of aromatic nitrogens is 1. The van der Waals surface area contributed by atoms with Gasteiger partial charge >= 0.3 is 0 Å². The molecule has 1 aromatic heterocycles. The minimum absolute atomic E-state index is 0.366. The lowest BCUT2D eigenvalue weighted by atomic mass is 10.2. The predicted molar refractivity (Wildman–Crippen MR) is 62.3 cm³/mol. The van der Waals surface area contributed by atoms with Gasteiger partial charge in [0.2, 0.25) is 0 Å². The molecule has 0 aliphatic rings. The van der Waals surface area contributed by atoms with Gasteiger partial charge in [-0.2, -0.15) is 0 Å². The molecule has 3 nitrogen and oxygen atoms in total. The number of hydrogen-bond acceptors (Lipinski definition) is 3. The fourth-order valence-electron chi connectivity index (χ4n) is 1.41. The lowest BCUT2D eigenvalue weighted by Crippen LogP contribution is -2.03. The van der Waals surface area contributed by atoms with Gasteiger partial charge in [-0.25, -0.2) is 8.78 Å². The summed E-state index contributed by atoms with van der Waals surface area (Å²) in [6, 6.07) is 5.49. The second-order valence-electron chi connectivity index (χ2n) is 3.56. The van der Waals surface area contributed by atoms with E-state index in [9.17, 15) is 8.78 Å². The fraction of sp³-hybridized carbons (Fsp3) is 0.0833. The summed E-state index contributed by atoms with van der Waals surface area (Å²) in [5, 5.41) is 3.02. The van der Waals surface area contributed by atoms with Crippen LogP contribution in [0.5, 0.6) is 0 Å². The Hall–Kier alpha value is -2.17. The molecule has 0 fully saturated rings. The first-order valence-electron chi connectivity index (χ1n) is 5.04. The summed E-state index contributed by atoms with van der Waals surface area (Å²) in [4.78, 5) is 3.85. The van der Waals surface area contributed by atoms with E-state index in [0.29, 0.717) is 23.5 Å². The molecule has 0 unspecified atom stereocenters. The molecular weight excluding hydrogens is 224 g/mol. The number of rotatable bonds is 3. The summed E-state index contributed by atoms with van der Waals surface area (Å²) < 4.78 is 25.6. The maximum Gasteiger partial charge on any atom is 0.159 e. The monoisotopic (exact) mass is 235 g/mol. The molecule has 17 heavy (non-hydrogen) atoms. The van der Waals surface area contributed by atoms with E-state index >= 15 is 0 Å². The summed E-state index contributed by atoms with van der Waals surface area (Å²) in [6.07, 6.45) is 3.12. The molecule has 0 radical (unpaired) electrons. The standard InChI is InChI=1S/C12H11F2N3/c13-9-2-1-8(5-10(9)14)6-17-12-3-4-16-7-11(12)15/h1-5,7H,6,15H2,(H,16,17). The van der Waals surface area contributed by atoms with Gasteiger partial charge in [0.15, 0.2) is 11.6 Å². The van der Waals surface area contributed by atoms with Crippen molar-refractivity contribution in [3.05, 3.63) is 53.9 Å². The second-order valence-corrected chi connectivity index (χ2v) is 3.56. The van der Waals surface area contributed by atoms with Gasteiger partial charge < -0.3 is 11.1 Å². The molecule has 0 atom stereocenters. The van der Waals surface area contributed by atoms with Crippen LogP contribution in [0.25, 0.3) is 0 Å². The van der Waals surface area contributed by atoms with Crippen molar-refractivity contribution in [2.24, 2.45) is 0 Å². The summed E-state index contributed by atoms with van der Waals surface area (Å²) >= 11 is 0. The molecule has 88 valence electrons. The normalized spacial score (nSPS) is 10.2. The molecule has 0 saturated heterocycles. The van der Waals surface area contributed by atoms with Crippen molar-refractivity contribution in [2.45, 2.75) is 6.54 Å². The number of halogens is 2. The van der Waals surface area contributed by atoms with Crippen molar-refractivity contribution in [2.75, 3.05) is 11.1 Å². The molecule has 3 N–H and O–H groups in total. The van der Waals surface area contributed by atoms with Crippen LogP contribution in [0.4, 0.5) is 20.2 Å². The van der Waals surface area contributed by atoms with E-state index in [1.807, 2.05) is 0 Å². The summed E-state index contributed by atoms with van der Waals surface area (Å²) in [5.41, 5.74) is 7.54. The van der Waals surface area contributed by atoms with Crippen LogP contribution < -0.4 is 11.1 Å². The van der Waals surface area contributed by atoms with Crippen molar-refractivity contribution < 1.29 is 8.78 Å². The zero-order valence-electron chi connectivity index (χ0n) is 8.95. The highest BCUT2D eigenvalue weighted by Crippen LogP contribution is 2.17. The van der Waals surface area contributed by atoms with Gasteiger partial charge in [0.1, 0.15) is 0 Å². The van der Waals surface area contributed by atoms with Gasteiger partial charge in [0.05, 0.1) is 17.6 Å². The molecule has 0 aliphatic carbocycles. The Labute approximate surface area is 97.3 Å². The Morgan fingerprint density at radius 2 is 2.00 bits per heavy atom. The Morgan fingerprint density at radius 3 is 2.71 bits per heavy atom. The molecule has 2 aromatic rings. The van der Waals surface area contributed by atoms with Gasteiger partial charge in [-0.05, 0) is 23.8 Å². The van der Waals surface area contributed by atoms with Crippen molar-refractivity contribution >= 4 is 11.4 Å². The lowest BCUT2D eigenvalue weighted by molar-refractivity contribution is 0.507. The number of nitrogens with two attached hydrogens (primary N) is 1. The van der Waals surface area contributed by atoms with Gasteiger partial charge in [0.25, 0.3) is 0 Å². The maximum atomic E-state index is 12.9. The highest BCUT2D eigenvalue weighted by molar-refractivity contribution is 5.64. The second kappa shape index (κ2) is 4.78. The number of anilines is 2. The third-order valence-electron chi connectivity index (χ3n) is 2.32. The van der Waals surface area contributed by atoms with Crippen molar-refractivity contribution in [3.63, 3.8) is 0 Å². The Kier molecular flexibility index (Phi) is 3.18. The Morgan fingerprint density at radius 1 is 1.18 bits per heavy atom. The van der Waals surface area contributed by atoms with Crippen molar-refractivity contribution in [3.8, 4) is 0 Å². The summed E-state index contributed by atoms with van der Waals surface area (Å²) in [7, 11) is 0. The highest BCUT2D eigenvalue weighted by atomic mass is 19.2. The van der Waals surface area contributed by atoms with Gasteiger partial charge in [-0.1, -0.05) is 6.07 Å². The van der Waals surface area contributed by atoms with E-state index in [0.717, 1.165) is 12.1 Å². The van der Waals surface area contributed by atoms with Crippen LogP contribution in [0.3, 0.4) is 0 Å². The van der Waals surface area contributed by atoms with Crippen LogP contribution in [0.1, 0.15) is 5.56 Å². The predicted octanol–water partition coefficient (Wildman–Crippen LogP) is 2.55. The first-order chi connectivity index (χ1) is 8.16. The van der Waals surface area contributed by atoms with Crippen LogP contribution >= 0.6 is 0 Å². The molecule has 0 amide bonds. The zero-order valence-corrected chi connectivity index (χ0v) is 8.95. The van der Waals surface area contributed by atoms with E-state index in [-0.39, 0.29) is 0 Å². The molecule has 1 heterocycles. The number of nitrogens with one attached hydrogen (secondary N) is 1. The number of benzene rings is 1. The molecule has 0 saturated carbocycles. The van der Waals surface area contributed by atoms with Crippen molar-refractivity contribution in [1.82, 2.24) is 4.98 Å². The van der Waals surface area contributed by atoms with E-state index in [1.54, 1.807) is 12.3 Å². The number of pyridine rings is 1. The van der Waals surface area contributed by atoms with Gasteiger partial charge in [0, 0.05) is 12.7 Å². The quantitative estimate of drug-likeness (QED) is 0.859. The Bertz CT molecular complexity index is 529. The lowest BCUT2D eigenvalue weighted by Gasteiger charge is -2.08. The molecule has 0 aliphatic heterocycles. The average molecular weight is 235 g/mol. The largest absolute Gasteiger partial charge is 0.396 e. The third-order valence-corrected chi connectivity index (χ3v) is 2.32. The number of hydrogen-bond donors (Lipinski definition) is 2. The first kappa shape index (κ1) is 11.3. The first-order valence-corrected chi connectivity index (χ1v) is 5.04. The third kappa shape index (κ3) is 2.69. The minimum atomic E-state index is -0.855. The summed E-state index contributed by atoms with van der Waals surface area (Å²) in [5.74, 6) is -1.70. The van der Waals surface area contributed by atoms with Gasteiger partial charge in [-0.15, -0.1) is 0 Å². The molecule has 2 rings (SSSR count). The SMILES string of the molecule is Nc1cnccc1NCc1ccc(F)c(F)c1. The van der Waals surface area contributed by atoms with Crippen LogP contribution in [0.2, 0.25) is 0 Å². The zero-order chi connectivity index (χ0) is 12.3. The molecule has 5 heteroatoms. The van der Waals surface area contributed by atoms with Crippen LogP contribution in [0.15, 0.2) is 36.7 Å². The minimum Gasteiger partial charge on any atom is -0.396 e. The smallest absolute Gasteiger partial charge is 0.159 e. The fourth-order valence-corrected chi connectivity index (χ4v) is 1.41. The van der Waals surface area contributed by atoms with E-state index in [4.69, 9.17) is 5.73 Å². The number of nitrogens with zero attached hydrogens (tertiary/aromatic N) is 1. The van der Waals surface area contributed by atoms with Gasteiger partial charge in [-0.3, -0.25) is 4.98 Å². The Balaban J connectivity index is 2.08. The molecule has 0 bridgehead atoms. The topological polar surface area (TPSA) is 50.9 Å². The molecule has 1 aromatic carbocycles. The van der Waals surface area contributed by atoms with E-state index in [2.05, 4.69) is 10.3 Å². The van der Waals surface area contributed by atoms with Crippen molar-refractivity contribution in [1.29, 1.82) is 0 Å². The van der Waals surface area contributed by atoms with Crippen LogP contribution in [-0.4, -0.2) is 4.98 Å². The average Bonchev–Trinajstić information content (AvgIpc) is 2.32. The molecule has 0 spiro atoms. The van der Waals surface area contributed by atoms with E-state index < -0.39 is 11.6 Å². The summed E-state index contributed by atoms with van der Waals surface area (Å²) in [6.45, 7) is 0.366. The van der Waals surface area contributed by atoms with Crippen LogP contribution in [0, 0.1) is 11.6 Å². The van der Waals surface area contributed by atoms with E-state index in [1.165, 1.54) is 12.3 Å². The van der Waals surface area contributed by atoms with Crippen LogP contribution in [-0.2, 0) is 6.54 Å². The maximum absolute atomic E-state index is 12.9. The molecular formula is C12H11F2N3. The highest BCUT2D eigenvalue weighted by Gasteiger charge is 2.03.